The Labute approximate surface area is 101 Å². The minimum Gasteiger partial charge on any atom is -0.379 e. The second kappa shape index (κ2) is 5.58. The zero-order valence-electron chi connectivity index (χ0n) is 10.0. The van der Waals surface area contributed by atoms with Crippen LogP contribution >= 0.6 is 0 Å². The highest BCUT2D eigenvalue weighted by molar-refractivity contribution is 5.25. The van der Waals surface area contributed by atoms with E-state index in [1.807, 2.05) is 11.8 Å². The number of aliphatic hydroxyl groups excluding tert-OH is 1. The first-order valence-electron chi connectivity index (χ1n) is 6.00. The first-order chi connectivity index (χ1) is 8.22. The number of hydrogen-bond donors (Lipinski definition) is 1. The molecule has 0 aliphatic carbocycles. The van der Waals surface area contributed by atoms with Gasteiger partial charge in [0.05, 0.1) is 13.2 Å². The molecule has 1 atom stereocenters. The van der Waals surface area contributed by atoms with Crippen molar-refractivity contribution in [3.05, 3.63) is 35.1 Å². The molecule has 17 heavy (non-hydrogen) atoms. The number of morpholine rings is 1. The number of nitrogens with zero attached hydrogens (tertiary/aromatic N) is 1. The zero-order valence-corrected chi connectivity index (χ0v) is 10.0. The molecule has 94 valence electrons. The number of aliphatic hydroxyl groups is 1. The molecule has 0 spiro atoms. The van der Waals surface area contributed by atoms with Crippen molar-refractivity contribution >= 4 is 0 Å². The van der Waals surface area contributed by atoms with Gasteiger partial charge in [0.15, 0.2) is 0 Å². The molecule has 0 radical (unpaired) electrons. The van der Waals surface area contributed by atoms with Crippen molar-refractivity contribution in [2.75, 3.05) is 26.3 Å². The highest BCUT2D eigenvalue weighted by Crippen LogP contribution is 2.21. The van der Waals surface area contributed by atoms with E-state index in [1.165, 1.54) is 6.07 Å². The van der Waals surface area contributed by atoms with E-state index in [4.69, 9.17) is 4.74 Å². The van der Waals surface area contributed by atoms with Gasteiger partial charge in [0.2, 0.25) is 0 Å². The standard InChI is InChI=1S/C13H18FNO2/c1-2-10-3-4-11(9-12(10)14)13(16)15-5-7-17-8-6-15/h3-4,9,13,16H,2,5-8H2,1H3. The minimum atomic E-state index is -0.737. The van der Waals surface area contributed by atoms with E-state index >= 15 is 0 Å². The Morgan fingerprint density at radius 3 is 2.71 bits per heavy atom. The van der Waals surface area contributed by atoms with E-state index in [1.54, 1.807) is 12.1 Å². The maximum Gasteiger partial charge on any atom is 0.133 e. The fourth-order valence-electron chi connectivity index (χ4n) is 2.04. The van der Waals surface area contributed by atoms with Crippen LogP contribution in [0.1, 0.15) is 24.3 Å². The monoisotopic (exact) mass is 239 g/mol. The van der Waals surface area contributed by atoms with Crippen molar-refractivity contribution in [1.29, 1.82) is 0 Å². The highest BCUT2D eigenvalue weighted by atomic mass is 19.1. The average molecular weight is 239 g/mol. The molecule has 0 amide bonds. The van der Waals surface area contributed by atoms with Gasteiger partial charge in [-0.1, -0.05) is 19.1 Å². The van der Waals surface area contributed by atoms with Crippen LogP contribution in [0.2, 0.25) is 0 Å². The minimum absolute atomic E-state index is 0.239. The molecule has 1 N–H and O–H groups in total. The summed E-state index contributed by atoms with van der Waals surface area (Å²) in [5.74, 6) is -0.239. The normalized spacial score (nSPS) is 19.2. The largest absolute Gasteiger partial charge is 0.379 e. The fourth-order valence-corrected chi connectivity index (χ4v) is 2.04. The molecule has 1 fully saturated rings. The van der Waals surface area contributed by atoms with Crippen molar-refractivity contribution in [3.63, 3.8) is 0 Å². The van der Waals surface area contributed by atoms with Crippen LogP contribution in [0, 0.1) is 5.82 Å². The van der Waals surface area contributed by atoms with Gasteiger partial charge in [0, 0.05) is 13.1 Å². The van der Waals surface area contributed by atoms with Crippen LogP contribution in [-0.4, -0.2) is 36.3 Å². The van der Waals surface area contributed by atoms with Gasteiger partial charge >= 0.3 is 0 Å². The number of aryl methyl sites for hydroxylation is 1. The summed E-state index contributed by atoms with van der Waals surface area (Å²) in [4.78, 5) is 1.89. The van der Waals surface area contributed by atoms with Gasteiger partial charge in [-0.05, 0) is 23.6 Å². The van der Waals surface area contributed by atoms with Crippen molar-refractivity contribution in [3.8, 4) is 0 Å². The lowest BCUT2D eigenvalue weighted by molar-refractivity contribution is -0.0604. The molecule has 1 saturated heterocycles. The molecule has 1 aliphatic rings. The van der Waals surface area contributed by atoms with Crippen LogP contribution in [0.25, 0.3) is 0 Å². The topological polar surface area (TPSA) is 32.7 Å². The molecule has 0 bridgehead atoms. The van der Waals surface area contributed by atoms with Gasteiger partial charge in [-0.2, -0.15) is 0 Å². The highest BCUT2D eigenvalue weighted by Gasteiger charge is 2.20. The van der Waals surface area contributed by atoms with Gasteiger partial charge in [-0.25, -0.2) is 4.39 Å². The van der Waals surface area contributed by atoms with Gasteiger partial charge in [-0.15, -0.1) is 0 Å². The predicted molar refractivity (Wildman–Crippen MR) is 63.1 cm³/mol. The molecule has 4 heteroatoms. The van der Waals surface area contributed by atoms with E-state index in [2.05, 4.69) is 0 Å². The Bertz CT molecular complexity index is 378. The number of benzene rings is 1. The lowest BCUT2D eigenvalue weighted by Crippen LogP contribution is -2.39. The molecule has 2 rings (SSSR count). The van der Waals surface area contributed by atoms with Crippen LogP contribution in [0.15, 0.2) is 18.2 Å². The molecular weight excluding hydrogens is 221 g/mol. The van der Waals surface area contributed by atoms with Crippen LogP contribution < -0.4 is 0 Å². The van der Waals surface area contributed by atoms with Crippen LogP contribution in [-0.2, 0) is 11.2 Å². The number of hydrogen-bond acceptors (Lipinski definition) is 3. The fraction of sp³-hybridized carbons (Fsp3) is 0.538. The van der Waals surface area contributed by atoms with Crippen LogP contribution in [0.5, 0.6) is 0 Å². The molecule has 1 aromatic rings. The maximum absolute atomic E-state index is 13.6. The number of halogens is 1. The third-order valence-electron chi connectivity index (χ3n) is 3.15. The quantitative estimate of drug-likeness (QED) is 0.871. The third kappa shape index (κ3) is 2.83. The van der Waals surface area contributed by atoms with Gasteiger partial charge < -0.3 is 9.84 Å². The molecule has 1 heterocycles. The SMILES string of the molecule is CCc1ccc(C(O)N2CCOCC2)cc1F. The number of ether oxygens (including phenoxy) is 1. The molecular formula is C13H18FNO2. The second-order valence-corrected chi connectivity index (χ2v) is 4.23. The van der Waals surface area contributed by atoms with Crippen LogP contribution in [0.3, 0.4) is 0 Å². The predicted octanol–water partition coefficient (Wildman–Crippen LogP) is 1.71. The summed E-state index contributed by atoms with van der Waals surface area (Å²) in [7, 11) is 0. The summed E-state index contributed by atoms with van der Waals surface area (Å²) < 4.78 is 18.8. The Kier molecular flexibility index (Phi) is 4.10. The molecule has 0 aromatic heterocycles. The Morgan fingerprint density at radius 1 is 1.41 bits per heavy atom. The second-order valence-electron chi connectivity index (χ2n) is 4.23. The van der Waals surface area contributed by atoms with Crippen molar-refractivity contribution < 1.29 is 14.2 Å². The summed E-state index contributed by atoms with van der Waals surface area (Å²) in [6.07, 6.45) is -0.0703. The average Bonchev–Trinajstić information content (AvgIpc) is 2.39. The maximum atomic E-state index is 13.6. The lowest BCUT2D eigenvalue weighted by Gasteiger charge is -2.31. The summed E-state index contributed by atoms with van der Waals surface area (Å²) >= 11 is 0. The van der Waals surface area contributed by atoms with Crippen molar-refractivity contribution in [2.45, 2.75) is 19.6 Å². The first-order valence-corrected chi connectivity index (χ1v) is 6.00. The summed E-state index contributed by atoms with van der Waals surface area (Å²) in [5.41, 5.74) is 1.30. The summed E-state index contributed by atoms with van der Waals surface area (Å²) in [6.45, 7) is 4.51. The molecule has 1 aliphatic heterocycles. The zero-order chi connectivity index (χ0) is 12.3. The van der Waals surface area contributed by atoms with Gasteiger partial charge in [0.25, 0.3) is 0 Å². The smallest absolute Gasteiger partial charge is 0.133 e. The lowest BCUT2D eigenvalue weighted by atomic mass is 10.1. The third-order valence-corrected chi connectivity index (χ3v) is 3.15. The van der Waals surface area contributed by atoms with Crippen LogP contribution in [0.4, 0.5) is 4.39 Å². The van der Waals surface area contributed by atoms with E-state index in [-0.39, 0.29) is 5.82 Å². The van der Waals surface area contributed by atoms with Gasteiger partial charge in [0.1, 0.15) is 12.0 Å². The molecule has 3 nitrogen and oxygen atoms in total. The Hall–Kier alpha value is -0.970. The molecule has 1 unspecified atom stereocenters. The first kappa shape index (κ1) is 12.5. The number of rotatable bonds is 3. The summed E-state index contributed by atoms with van der Waals surface area (Å²) in [6, 6.07) is 4.97. The summed E-state index contributed by atoms with van der Waals surface area (Å²) in [5, 5.41) is 10.1. The Balaban J connectivity index is 2.12. The van der Waals surface area contributed by atoms with Crippen molar-refractivity contribution in [2.24, 2.45) is 0 Å². The van der Waals surface area contributed by atoms with Gasteiger partial charge in [-0.3, -0.25) is 4.90 Å². The van der Waals surface area contributed by atoms with E-state index < -0.39 is 6.23 Å². The van der Waals surface area contributed by atoms with Crippen molar-refractivity contribution in [1.82, 2.24) is 4.90 Å². The van der Waals surface area contributed by atoms with E-state index in [9.17, 15) is 9.50 Å². The molecule has 0 saturated carbocycles. The molecule has 1 aromatic carbocycles. The van der Waals surface area contributed by atoms with E-state index in [0.717, 1.165) is 0 Å². The van der Waals surface area contributed by atoms with E-state index in [0.29, 0.717) is 43.9 Å². The Morgan fingerprint density at radius 2 is 2.12 bits per heavy atom.